The van der Waals surface area contributed by atoms with E-state index in [1.54, 1.807) is 31.2 Å². The largest absolute Gasteiger partial charge is 0.507 e. The zero-order chi connectivity index (χ0) is 15.2. The van der Waals surface area contributed by atoms with E-state index in [0.29, 0.717) is 17.7 Å². The van der Waals surface area contributed by atoms with Crippen LogP contribution < -0.4 is 5.32 Å². The minimum absolute atomic E-state index is 0.00596. The van der Waals surface area contributed by atoms with Gasteiger partial charge in [0.2, 0.25) is 0 Å². The van der Waals surface area contributed by atoms with E-state index in [4.69, 9.17) is 5.11 Å². The van der Waals surface area contributed by atoms with Gasteiger partial charge in [-0.25, -0.2) is 0 Å². The first-order chi connectivity index (χ1) is 10.1. The number of aryl methyl sites for hydroxylation is 2. The molecule has 0 fully saturated rings. The van der Waals surface area contributed by atoms with Gasteiger partial charge in [0.1, 0.15) is 5.75 Å². The maximum absolute atomic E-state index is 12.2. The third kappa shape index (κ3) is 3.83. The zero-order valence-electron chi connectivity index (χ0n) is 12.0. The van der Waals surface area contributed by atoms with Crippen molar-refractivity contribution in [3.8, 4) is 5.75 Å². The number of aliphatic hydroxyl groups excluding tert-OH is 1. The molecule has 0 radical (unpaired) electrons. The molecule has 0 aromatic heterocycles. The normalized spacial score (nSPS) is 10.4. The van der Waals surface area contributed by atoms with E-state index in [2.05, 4.69) is 5.32 Å². The third-order valence-electron chi connectivity index (χ3n) is 3.29. The van der Waals surface area contributed by atoms with Crippen molar-refractivity contribution in [3.05, 3.63) is 59.2 Å². The Kier molecular flexibility index (Phi) is 4.95. The molecule has 3 N–H and O–H groups in total. The molecular weight excluding hydrogens is 266 g/mol. The molecule has 0 saturated carbocycles. The lowest BCUT2D eigenvalue weighted by molar-refractivity contribution is 0.102. The van der Waals surface area contributed by atoms with Gasteiger partial charge in [-0.05, 0) is 49.1 Å². The first kappa shape index (κ1) is 15.1. The van der Waals surface area contributed by atoms with Crippen molar-refractivity contribution in [3.63, 3.8) is 0 Å². The smallest absolute Gasteiger partial charge is 0.259 e. The molecule has 0 aliphatic heterocycles. The molecule has 21 heavy (non-hydrogen) atoms. The molecule has 2 aromatic rings. The Morgan fingerprint density at radius 3 is 2.71 bits per heavy atom. The van der Waals surface area contributed by atoms with E-state index >= 15 is 0 Å². The summed E-state index contributed by atoms with van der Waals surface area (Å²) in [7, 11) is 0. The maximum Gasteiger partial charge on any atom is 0.259 e. The van der Waals surface area contributed by atoms with Gasteiger partial charge in [-0.1, -0.05) is 24.3 Å². The molecular formula is C17H19NO3. The van der Waals surface area contributed by atoms with Crippen molar-refractivity contribution in [2.75, 3.05) is 11.9 Å². The van der Waals surface area contributed by atoms with E-state index in [1.165, 1.54) is 0 Å². The van der Waals surface area contributed by atoms with Crippen molar-refractivity contribution >= 4 is 11.6 Å². The van der Waals surface area contributed by atoms with Crippen molar-refractivity contribution in [2.24, 2.45) is 0 Å². The summed E-state index contributed by atoms with van der Waals surface area (Å²) in [5, 5.41) is 21.6. The second kappa shape index (κ2) is 6.90. The van der Waals surface area contributed by atoms with Crippen molar-refractivity contribution in [2.45, 2.75) is 19.8 Å². The lowest BCUT2D eigenvalue weighted by Gasteiger charge is -2.09. The molecule has 0 spiro atoms. The van der Waals surface area contributed by atoms with E-state index in [-0.39, 0.29) is 23.8 Å². The Balaban J connectivity index is 2.14. The Hall–Kier alpha value is -2.33. The highest BCUT2D eigenvalue weighted by molar-refractivity contribution is 6.06. The van der Waals surface area contributed by atoms with Gasteiger partial charge >= 0.3 is 0 Å². The second-order valence-corrected chi connectivity index (χ2v) is 4.95. The summed E-state index contributed by atoms with van der Waals surface area (Å²) in [5.41, 5.74) is 2.65. The molecule has 0 saturated heterocycles. The molecule has 0 heterocycles. The molecule has 2 aromatic carbocycles. The van der Waals surface area contributed by atoms with E-state index < -0.39 is 0 Å². The number of hydrogen-bond donors (Lipinski definition) is 3. The number of carbonyl (C=O) groups excluding carboxylic acids is 1. The molecule has 1 amide bonds. The third-order valence-corrected chi connectivity index (χ3v) is 3.29. The number of rotatable bonds is 5. The van der Waals surface area contributed by atoms with Crippen LogP contribution in [0.25, 0.3) is 0 Å². The average Bonchev–Trinajstić information content (AvgIpc) is 2.48. The fraction of sp³-hybridized carbons (Fsp3) is 0.235. The number of carbonyl (C=O) groups is 1. The average molecular weight is 285 g/mol. The zero-order valence-corrected chi connectivity index (χ0v) is 12.0. The van der Waals surface area contributed by atoms with Crippen LogP contribution >= 0.6 is 0 Å². The summed E-state index contributed by atoms with van der Waals surface area (Å²) >= 11 is 0. The van der Waals surface area contributed by atoms with Crippen LogP contribution in [-0.4, -0.2) is 22.7 Å². The SMILES string of the molecule is Cc1cccc(C(=O)Nc2cccc(CCCO)c2)c1O. The quantitative estimate of drug-likeness (QED) is 0.791. The predicted molar refractivity (Wildman–Crippen MR) is 82.6 cm³/mol. The lowest BCUT2D eigenvalue weighted by Crippen LogP contribution is -2.12. The van der Waals surface area contributed by atoms with Gasteiger partial charge in [-0.3, -0.25) is 4.79 Å². The number of phenolic OH excluding ortho intramolecular Hbond substituents is 1. The summed E-state index contributed by atoms with van der Waals surface area (Å²) in [5.74, 6) is -0.332. The fourth-order valence-electron chi connectivity index (χ4n) is 2.13. The van der Waals surface area contributed by atoms with Crippen LogP contribution in [0.4, 0.5) is 5.69 Å². The first-order valence-corrected chi connectivity index (χ1v) is 6.91. The van der Waals surface area contributed by atoms with Crippen LogP contribution in [0, 0.1) is 6.92 Å². The summed E-state index contributed by atoms with van der Waals surface area (Å²) in [6.07, 6.45) is 1.45. The number of nitrogens with one attached hydrogen (secondary N) is 1. The topological polar surface area (TPSA) is 69.6 Å². The van der Waals surface area contributed by atoms with Crippen LogP contribution in [-0.2, 0) is 6.42 Å². The molecule has 110 valence electrons. The number of phenols is 1. The number of para-hydroxylation sites is 1. The highest BCUT2D eigenvalue weighted by atomic mass is 16.3. The standard InChI is InChI=1S/C17H19NO3/c1-12-5-2-9-15(16(12)20)17(21)18-14-8-3-6-13(11-14)7-4-10-19/h2-3,5-6,8-9,11,19-20H,4,7,10H2,1H3,(H,18,21). The van der Waals surface area contributed by atoms with Crippen molar-refractivity contribution in [1.82, 2.24) is 0 Å². The van der Waals surface area contributed by atoms with Gasteiger partial charge in [0.15, 0.2) is 0 Å². The van der Waals surface area contributed by atoms with E-state index in [0.717, 1.165) is 12.0 Å². The Bertz CT molecular complexity index is 638. The number of aliphatic hydroxyl groups is 1. The van der Waals surface area contributed by atoms with Gasteiger partial charge in [0.05, 0.1) is 5.56 Å². The maximum atomic E-state index is 12.2. The highest BCUT2D eigenvalue weighted by Crippen LogP contribution is 2.22. The fourth-order valence-corrected chi connectivity index (χ4v) is 2.13. The summed E-state index contributed by atoms with van der Waals surface area (Å²) in [6.45, 7) is 1.90. The number of hydrogen-bond acceptors (Lipinski definition) is 3. The van der Waals surface area contributed by atoms with Crippen LogP contribution in [0.2, 0.25) is 0 Å². The van der Waals surface area contributed by atoms with Gasteiger partial charge in [0.25, 0.3) is 5.91 Å². The minimum atomic E-state index is -0.337. The number of aromatic hydroxyl groups is 1. The Morgan fingerprint density at radius 1 is 1.19 bits per heavy atom. The molecule has 0 aliphatic carbocycles. The summed E-state index contributed by atoms with van der Waals surface area (Å²) in [6, 6.07) is 12.6. The van der Waals surface area contributed by atoms with E-state index in [1.807, 2.05) is 18.2 Å². The molecule has 2 rings (SSSR count). The van der Waals surface area contributed by atoms with Crippen LogP contribution in [0.15, 0.2) is 42.5 Å². The molecule has 0 unspecified atom stereocenters. The first-order valence-electron chi connectivity index (χ1n) is 6.91. The highest BCUT2D eigenvalue weighted by Gasteiger charge is 2.12. The molecule has 0 atom stereocenters. The van der Waals surface area contributed by atoms with Crippen molar-refractivity contribution < 1.29 is 15.0 Å². The summed E-state index contributed by atoms with van der Waals surface area (Å²) in [4.78, 5) is 12.2. The van der Waals surface area contributed by atoms with Gasteiger partial charge in [-0.15, -0.1) is 0 Å². The molecule has 0 bridgehead atoms. The molecule has 4 heteroatoms. The Morgan fingerprint density at radius 2 is 1.95 bits per heavy atom. The number of benzene rings is 2. The predicted octanol–water partition coefficient (Wildman–Crippen LogP) is 2.88. The second-order valence-electron chi connectivity index (χ2n) is 4.95. The lowest BCUT2D eigenvalue weighted by atomic mass is 10.1. The van der Waals surface area contributed by atoms with Crippen LogP contribution in [0.5, 0.6) is 5.75 Å². The van der Waals surface area contributed by atoms with Crippen molar-refractivity contribution in [1.29, 1.82) is 0 Å². The minimum Gasteiger partial charge on any atom is -0.507 e. The number of anilines is 1. The monoisotopic (exact) mass is 285 g/mol. The Labute approximate surface area is 124 Å². The van der Waals surface area contributed by atoms with Crippen LogP contribution in [0.3, 0.4) is 0 Å². The van der Waals surface area contributed by atoms with Gasteiger partial charge in [-0.2, -0.15) is 0 Å². The summed E-state index contributed by atoms with van der Waals surface area (Å²) < 4.78 is 0. The molecule has 4 nitrogen and oxygen atoms in total. The van der Waals surface area contributed by atoms with Gasteiger partial charge < -0.3 is 15.5 Å². The van der Waals surface area contributed by atoms with E-state index in [9.17, 15) is 9.90 Å². The van der Waals surface area contributed by atoms with Crippen LogP contribution in [0.1, 0.15) is 27.9 Å². The number of amides is 1. The van der Waals surface area contributed by atoms with Gasteiger partial charge in [0, 0.05) is 12.3 Å². The molecule has 0 aliphatic rings.